The van der Waals surface area contributed by atoms with E-state index in [1.54, 1.807) is 28.1 Å². The number of H-pyrrole nitrogens is 1. The number of aromatic nitrogens is 2. The van der Waals surface area contributed by atoms with Gasteiger partial charge in [-0.3, -0.25) is 9.69 Å². The molecule has 1 aliphatic rings. The van der Waals surface area contributed by atoms with E-state index in [9.17, 15) is 14.7 Å². The van der Waals surface area contributed by atoms with Gasteiger partial charge in [0.1, 0.15) is 5.82 Å². The summed E-state index contributed by atoms with van der Waals surface area (Å²) in [6, 6.07) is 5.17. The first-order valence-corrected chi connectivity index (χ1v) is 8.56. The van der Waals surface area contributed by atoms with Crippen molar-refractivity contribution in [3.05, 3.63) is 47.0 Å². The van der Waals surface area contributed by atoms with Gasteiger partial charge < -0.3 is 20.3 Å². The number of aromatic amines is 1. The summed E-state index contributed by atoms with van der Waals surface area (Å²) in [6.07, 6.45) is 1.68. The number of hydrogen-bond acceptors (Lipinski definition) is 4. The first kappa shape index (κ1) is 17.9. The molecule has 3 N–H and O–H groups in total. The summed E-state index contributed by atoms with van der Waals surface area (Å²) in [7, 11) is 0. The molecule has 0 saturated carbocycles. The number of aliphatic hydroxyl groups excluding tert-OH is 1. The average molecular weight is 357 g/mol. The summed E-state index contributed by atoms with van der Waals surface area (Å²) >= 11 is 0. The van der Waals surface area contributed by atoms with Gasteiger partial charge in [0, 0.05) is 30.9 Å². The zero-order valence-electron chi connectivity index (χ0n) is 15.0. The molecule has 3 amide bonds. The van der Waals surface area contributed by atoms with Gasteiger partial charge in [-0.1, -0.05) is 6.07 Å². The van der Waals surface area contributed by atoms with Crippen molar-refractivity contribution in [1.29, 1.82) is 0 Å². The molecule has 3 rings (SSSR count). The molecule has 0 radical (unpaired) electrons. The van der Waals surface area contributed by atoms with Crippen molar-refractivity contribution in [1.82, 2.24) is 20.2 Å². The van der Waals surface area contributed by atoms with Gasteiger partial charge in [-0.25, -0.2) is 9.78 Å². The topological polar surface area (TPSA) is 102 Å². The van der Waals surface area contributed by atoms with Crippen LogP contribution in [-0.4, -0.2) is 58.2 Å². The van der Waals surface area contributed by atoms with Gasteiger partial charge in [0.2, 0.25) is 0 Å². The van der Waals surface area contributed by atoms with Crippen LogP contribution in [0.2, 0.25) is 0 Å². The van der Waals surface area contributed by atoms with Crippen LogP contribution in [0.3, 0.4) is 0 Å². The molecule has 26 heavy (non-hydrogen) atoms. The van der Waals surface area contributed by atoms with E-state index in [4.69, 9.17) is 0 Å². The highest BCUT2D eigenvalue weighted by Gasteiger charge is 2.24. The van der Waals surface area contributed by atoms with E-state index in [0.29, 0.717) is 25.2 Å². The van der Waals surface area contributed by atoms with Crippen LogP contribution in [0.15, 0.2) is 24.4 Å². The Labute approximate surface area is 151 Å². The maximum absolute atomic E-state index is 13.0. The number of nitrogens with zero attached hydrogens (tertiary/aromatic N) is 3. The molecule has 8 nitrogen and oxygen atoms in total. The Kier molecular flexibility index (Phi) is 5.22. The Morgan fingerprint density at radius 3 is 2.81 bits per heavy atom. The van der Waals surface area contributed by atoms with Crippen LogP contribution < -0.4 is 10.2 Å². The second kappa shape index (κ2) is 7.57. The maximum atomic E-state index is 13.0. The second-order valence-corrected chi connectivity index (χ2v) is 6.33. The molecule has 8 heteroatoms. The molecule has 1 aromatic heterocycles. The molecule has 2 heterocycles. The molecular formula is C18H23N5O3. The smallest absolute Gasteiger partial charge is 0.322 e. The third-order valence-corrected chi connectivity index (χ3v) is 4.38. The van der Waals surface area contributed by atoms with Crippen LogP contribution in [0.5, 0.6) is 0 Å². The standard InChI is InChI=1S/C18H23N5O3/c1-12-3-4-14(9-16(12)23-6-5-19-18(23)26)17(25)22(7-8-24)11-15-10-20-13(2)21-15/h3-4,9-10,24H,5-8,11H2,1-2H3,(H,19,26)(H,20,21). The lowest BCUT2D eigenvalue weighted by molar-refractivity contribution is 0.0705. The number of amides is 3. The van der Waals surface area contributed by atoms with E-state index in [1.807, 2.05) is 19.9 Å². The number of imidazole rings is 1. The van der Waals surface area contributed by atoms with Gasteiger partial charge >= 0.3 is 6.03 Å². The number of hydrogen-bond donors (Lipinski definition) is 3. The quantitative estimate of drug-likeness (QED) is 0.723. The van der Waals surface area contributed by atoms with Crippen molar-refractivity contribution < 1.29 is 14.7 Å². The summed E-state index contributed by atoms with van der Waals surface area (Å²) in [5.41, 5.74) is 2.94. The van der Waals surface area contributed by atoms with Gasteiger partial charge in [0.05, 0.1) is 25.0 Å². The summed E-state index contributed by atoms with van der Waals surface area (Å²) in [5.74, 6) is 0.571. The van der Waals surface area contributed by atoms with E-state index in [2.05, 4.69) is 15.3 Å². The van der Waals surface area contributed by atoms with Gasteiger partial charge in [0.15, 0.2) is 0 Å². The highest BCUT2D eigenvalue weighted by molar-refractivity contribution is 5.99. The molecule has 1 saturated heterocycles. The van der Waals surface area contributed by atoms with Crippen molar-refractivity contribution in [2.24, 2.45) is 0 Å². The highest BCUT2D eigenvalue weighted by Crippen LogP contribution is 2.24. The molecule has 0 spiro atoms. The second-order valence-electron chi connectivity index (χ2n) is 6.33. The lowest BCUT2D eigenvalue weighted by atomic mass is 10.1. The Hall–Kier alpha value is -2.87. The Morgan fingerprint density at radius 2 is 2.19 bits per heavy atom. The summed E-state index contributed by atoms with van der Waals surface area (Å²) in [5, 5.41) is 12.1. The molecule has 0 bridgehead atoms. The number of aryl methyl sites for hydroxylation is 2. The van der Waals surface area contributed by atoms with E-state index in [-0.39, 0.29) is 25.1 Å². The number of carbonyl (C=O) groups excluding carboxylic acids is 2. The summed E-state index contributed by atoms with van der Waals surface area (Å²) in [6.45, 7) is 5.32. The fourth-order valence-electron chi connectivity index (χ4n) is 3.05. The SMILES string of the molecule is Cc1ncc(CN(CCO)C(=O)c2ccc(C)c(N3CCNC3=O)c2)[nH]1. The third kappa shape index (κ3) is 3.70. The van der Waals surface area contributed by atoms with Crippen molar-refractivity contribution in [2.45, 2.75) is 20.4 Å². The number of urea groups is 1. The maximum Gasteiger partial charge on any atom is 0.322 e. The van der Waals surface area contributed by atoms with Crippen LogP contribution in [0.25, 0.3) is 0 Å². The number of rotatable bonds is 6. The third-order valence-electron chi connectivity index (χ3n) is 4.38. The van der Waals surface area contributed by atoms with Crippen molar-refractivity contribution in [3.63, 3.8) is 0 Å². The van der Waals surface area contributed by atoms with Crippen LogP contribution in [0.1, 0.15) is 27.4 Å². The lowest BCUT2D eigenvalue weighted by Gasteiger charge is -2.23. The molecule has 1 aromatic carbocycles. The monoisotopic (exact) mass is 357 g/mol. The molecule has 0 unspecified atom stereocenters. The van der Waals surface area contributed by atoms with Gasteiger partial charge in [-0.2, -0.15) is 0 Å². The summed E-state index contributed by atoms with van der Waals surface area (Å²) < 4.78 is 0. The van der Waals surface area contributed by atoms with Crippen molar-refractivity contribution in [2.75, 3.05) is 31.1 Å². The molecule has 138 valence electrons. The highest BCUT2D eigenvalue weighted by atomic mass is 16.3. The van der Waals surface area contributed by atoms with E-state index < -0.39 is 0 Å². The fraction of sp³-hybridized carbons (Fsp3) is 0.389. The molecule has 0 aliphatic carbocycles. The molecule has 1 aliphatic heterocycles. The van der Waals surface area contributed by atoms with Gasteiger partial charge in [0.25, 0.3) is 5.91 Å². The predicted molar refractivity (Wildman–Crippen MR) is 97.1 cm³/mol. The Bertz CT molecular complexity index is 817. The first-order valence-electron chi connectivity index (χ1n) is 8.56. The van der Waals surface area contributed by atoms with Crippen LogP contribution in [-0.2, 0) is 6.54 Å². The van der Waals surface area contributed by atoms with Crippen molar-refractivity contribution in [3.8, 4) is 0 Å². The number of carbonyl (C=O) groups is 2. The zero-order chi connectivity index (χ0) is 18.7. The van der Waals surface area contributed by atoms with E-state index in [1.165, 1.54) is 0 Å². The number of aliphatic hydroxyl groups is 1. The van der Waals surface area contributed by atoms with Crippen LogP contribution >= 0.6 is 0 Å². The van der Waals surface area contributed by atoms with Crippen LogP contribution in [0.4, 0.5) is 10.5 Å². The minimum Gasteiger partial charge on any atom is -0.395 e. The van der Waals surface area contributed by atoms with Crippen molar-refractivity contribution >= 4 is 17.6 Å². The minimum absolute atomic E-state index is 0.133. The number of anilines is 1. The zero-order valence-corrected chi connectivity index (χ0v) is 15.0. The lowest BCUT2D eigenvalue weighted by Crippen LogP contribution is -2.34. The first-order chi connectivity index (χ1) is 12.5. The van der Waals surface area contributed by atoms with Gasteiger partial charge in [-0.15, -0.1) is 0 Å². The van der Waals surface area contributed by atoms with Gasteiger partial charge in [-0.05, 0) is 31.5 Å². The molecule has 0 atom stereocenters. The number of benzene rings is 1. The predicted octanol–water partition coefficient (Wildman–Crippen LogP) is 1.19. The minimum atomic E-state index is -0.202. The molecule has 2 aromatic rings. The Balaban J connectivity index is 1.85. The number of nitrogens with one attached hydrogen (secondary N) is 2. The summed E-state index contributed by atoms with van der Waals surface area (Å²) in [4.78, 5) is 35.4. The normalized spacial score (nSPS) is 13.8. The van der Waals surface area contributed by atoms with Crippen LogP contribution in [0, 0.1) is 13.8 Å². The van der Waals surface area contributed by atoms with E-state index >= 15 is 0 Å². The largest absolute Gasteiger partial charge is 0.395 e. The molecule has 1 fully saturated rings. The Morgan fingerprint density at radius 1 is 1.38 bits per heavy atom. The van der Waals surface area contributed by atoms with E-state index in [0.717, 1.165) is 22.8 Å². The average Bonchev–Trinajstić information content (AvgIpc) is 3.22. The molecular weight excluding hydrogens is 334 g/mol. The fourth-order valence-corrected chi connectivity index (χ4v) is 3.05.